The third kappa shape index (κ3) is 3.29. The summed E-state index contributed by atoms with van der Waals surface area (Å²) < 4.78 is 0. The van der Waals surface area contributed by atoms with Gasteiger partial charge in [-0.3, -0.25) is 4.99 Å². The molecule has 1 heterocycles. The van der Waals surface area contributed by atoms with Crippen LogP contribution in [0.5, 0.6) is 0 Å². The zero-order valence-electron chi connectivity index (χ0n) is 9.80. The van der Waals surface area contributed by atoms with Crippen molar-refractivity contribution in [2.24, 2.45) is 4.99 Å². The Balaban J connectivity index is 1.93. The molecule has 0 aliphatic rings. The molecule has 0 aliphatic heterocycles. The molecule has 1 atom stereocenters. The monoisotopic (exact) mass is 228 g/mol. The van der Waals surface area contributed by atoms with E-state index in [9.17, 15) is 5.11 Å². The van der Waals surface area contributed by atoms with Crippen LogP contribution in [0.25, 0.3) is 0 Å². The maximum Gasteiger partial charge on any atom is 0.0985 e. The van der Waals surface area contributed by atoms with Crippen molar-refractivity contribution in [3.8, 4) is 0 Å². The summed E-state index contributed by atoms with van der Waals surface area (Å²) in [5, 5.41) is 9.92. The Bertz CT molecular complexity index is 471. The van der Waals surface area contributed by atoms with Crippen molar-refractivity contribution in [3.63, 3.8) is 0 Å². The van der Waals surface area contributed by atoms with Crippen LogP contribution in [0.2, 0.25) is 0 Å². The summed E-state index contributed by atoms with van der Waals surface area (Å²) in [5.74, 6) is 0. The molecule has 0 amide bonds. The highest BCUT2D eigenvalue weighted by atomic mass is 16.3. The molecule has 1 aromatic heterocycles. The standard InChI is InChI=1S/C14H16N2O/c1-11-4-6-12(7-5-11)14(17)10-15-9-13-3-2-8-16-13/h2-9,14,16-17H,10H2,1H3/t14-/m1/s1. The number of H-pyrrole nitrogens is 1. The molecular formula is C14H16N2O. The highest BCUT2D eigenvalue weighted by Crippen LogP contribution is 2.13. The minimum Gasteiger partial charge on any atom is -0.386 e. The van der Waals surface area contributed by atoms with Crippen LogP contribution in [0.3, 0.4) is 0 Å². The highest BCUT2D eigenvalue weighted by molar-refractivity contribution is 5.76. The van der Waals surface area contributed by atoms with E-state index in [1.165, 1.54) is 5.56 Å². The van der Waals surface area contributed by atoms with E-state index < -0.39 is 6.10 Å². The van der Waals surface area contributed by atoms with Gasteiger partial charge in [0.1, 0.15) is 0 Å². The largest absolute Gasteiger partial charge is 0.386 e. The number of aryl methyl sites for hydroxylation is 1. The molecule has 0 unspecified atom stereocenters. The highest BCUT2D eigenvalue weighted by Gasteiger charge is 2.04. The van der Waals surface area contributed by atoms with E-state index >= 15 is 0 Å². The molecule has 1 aromatic carbocycles. The fourth-order valence-corrected chi connectivity index (χ4v) is 1.57. The molecule has 2 aromatic rings. The average molecular weight is 228 g/mol. The van der Waals surface area contributed by atoms with Gasteiger partial charge >= 0.3 is 0 Å². The lowest BCUT2D eigenvalue weighted by atomic mass is 10.1. The number of benzene rings is 1. The molecule has 3 nitrogen and oxygen atoms in total. The first kappa shape index (κ1) is 11.6. The van der Waals surface area contributed by atoms with Crippen molar-refractivity contribution in [2.45, 2.75) is 13.0 Å². The van der Waals surface area contributed by atoms with E-state index in [0.29, 0.717) is 6.54 Å². The fraction of sp³-hybridized carbons (Fsp3) is 0.214. The minimum atomic E-state index is -0.540. The van der Waals surface area contributed by atoms with Crippen LogP contribution < -0.4 is 0 Å². The van der Waals surface area contributed by atoms with E-state index in [-0.39, 0.29) is 0 Å². The molecule has 0 fully saturated rings. The van der Waals surface area contributed by atoms with Gasteiger partial charge in [-0.15, -0.1) is 0 Å². The molecule has 88 valence electrons. The Hall–Kier alpha value is -1.87. The Morgan fingerprint density at radius 3 is 2.71 bits per heavy atom. The lowest BCUT2D eigenvalue weighted by Crippen LogP contribution is -2.01. The number of nitrogens with zero attached hydrogens (tertiary/aromatic N) is 1. The van der Waals surface area contributed by atoms with E-state index in [1.54, 1.807) is 6.21 Å². The summed E-state index contributed by atoms with van der Waals surface area (Å²) in [4.78, 5) is 7.23. The van der Waals surface area contributed by atoms with Crippen LogP contribution in [-0.2, 0) is 0 Å². The summed E-state index contributed by atoms with van der Waals surface area (Å²) in [6.07, 6.45) is 3.04. The number of aromatic amines is 1. The molecule has 0 radical (unpaired) electrons. The van der Waals surface area contributed by atoms with Gasteiger partial charge in [0.05, 0.1) is 18.3 Å². The molecule has 2 N–H and O–H groups in total. The molecule has 3 heteroatoms. The van der Waals surface area contributed by atoms with Gasteiger partial charge in [0, 0.05) is 12.4 Å². The summed E-state index contributed by atoms with van der Waals surface area (Å²) in [5.41, 5.74) is 3.04. The van der Waals surface area contributed by atoms with Gasteiger partial charge in [-0.2, -0.15) is 0 Å². The van der Waals surface area contributed by atoms with Gasteiger partial charge in [-0.25, -0.2) is 0 Å². The topological polar surface area (TPSA) is 48.4 Å². The van der Waals surface area contributed by atoms with E-state index in [2.05, 4.69) is 9.98 Å². The molecule has 2 rings (SSSR count). The second kappa shape index (κ2) is 5.46. The van der Waals surface area contributed by atoms with E-state index in [4.69, 9.17) is 0 Å². The summed E-state index contributed by atoms with van der Waals surface area (Å²) >= 11 is 0. The smallest absolute Gasteiger partial charge is 0.0985 e. The van der Waals surface area contributed by atoms with Gasteiger partial charge in [0.25, 0.3) is 0 Å². The molecule has 0 aliphatic carbocycles. The van der Waals surface area contributed by atoms with Gasteiger partial charge in [0.2, 0.25) is 0 Å². The predicted molar refractivity (Wildman–Crippen MR) is 69.4 cm³/mol. The first-order valence-electron chi connectivity index (χ1n) is 5.63. The van der Waals surface area contributed by atoms with Gasteiger partial charge in [-0.05, 0) is 24.6 Å². The average Bonchev–Trinajstić information content (AvgIpc) is 2.83. The number of aliphatic hydroxyl groups is 1. The predicted octanol–water partition coefficient (Wildman–Crippen LogP) is 2.48. The summed E-state index contributed by atoms with van der Waals surface area (Å²) in [6, 6.07) is 11.7. The van der Waals surface area contributed by atoms with Gasteiger partial charge in [0.15, 0.2) is 0 Å². The number of rotatable bonds is 4. The van der Waals surface area contributed by atoms with Crippen LogP contribution in [-0.4, -0.2) is 22.8 Å². The van der Waals surface area contributed by atoms with Crippen LogP contribution in [0.4, 0.5) is 0 Å². The van der Waals surface area contributed by atoms with Crippen molar-refractivity contribution in [3.05, 3.63) is 59.4 Å². The number of aliphatic imine (C=N–C) groups is 1. The molecular weight excluding hydrogens is 212 g/mol. The van der Waals surface area contributed by atoms with Crippen molar-refractivity contribution in [2.75, 3.05) is 6.54 Å². The molecule has 0 saturated heterocycles. The first-order chi connectivity index (χ1) is 8.25. The Labute approximate surface area is 101 Å². The van der Waals surface area contributed by atoms with Crippen LogP contribution in [0.1, 0.15) is 22.9 Å². The van der Waals surface area contributed by atoms with Crippen molar-refractivity contribution < 1.29 is 5.11 Å². The Kier molecular flexibility index (Phi) is 3.73. The molecule has 0 saturated carbocycles. The molecule has 0 spiro atoms. The van der Waals surface area contributed by atoms with Crippen LogP contribution in [0, 0.1) is 6.92 Å². The van der Waals surface area contributed by atoms with Crippen LogP contribution >= 0.6 is 0 Å². The van der Waals surface area contributed by atoms with Gasteiger partial charge in [-0.1, -0.05) is 29.8 Å². The maximum absolute atomic E-state index is 9.92. The number of hydrogen-bond donors (Lipinski definition) is 2. The maximum atomic E-state index is 9.92. The zero-order chi connectivity index (χ0) is 12.1. The second-order valence-electron chi connectivity index (χ2n) is 4.05. The van der Waals surface area contributed by atoms with Gasteiger partial charge < -0.3 is 10.1 Å². The quantitative estimate of drug-likeness (QED) is 0.776. The lowest BCUT2D eigenvalue weighted by molar-refractivity contribution is 0.187. The van der Waals surface area contributed by atoms with Crippen molar-refractivity contribution >= 4 is 6.21 Å². The Morgan fingerprint density at radius 1 is 1.29 bits per heavy atom. The first-order valence-corrected chi connectivity index (χ1v) is 5.63. The van der Waals surface area contributed by atoms with E-state index in [0.717, 1.165) is 11.3 Å². The summed E-state index contributed by atoms with van der Waals surface area (Å²) in [6.45, 7) is 2.40. The molecule has 17 heavy (non-hydrogen) atoms. The number of nitrogens with one attached hydrogen (secondary N) is 1. The number of aliphatic hydroxyl groups excluding tert-OH is 1. The molecule has 0 bridgehead atoms. The third-order valence-electron chi connectivity index (χ3n) is 2.59. The Morgan fingerprint density at radius 2 is 2.06 bits per heavy atom. The van der Waals surface area contributed by atoms with Crippen molar-refractivity contribution in [1.29, 1.82) is 0 Å². The minimum absolute atomic E-state index is 0.377. The third-order valence-corrected chi connectivity index (χ3v) is 2.59. The number of hydrogen-bond acceptors (Lipinski definition) is 2. The second-order valence-corrected chi connectivity index (χ2v) is 4.05. The normalized spacial score (nSPS) is 13.1. The SMILES string of the molecule is Cc1ccc([C@H](O)CN=Cc2ccc[nH]2)cc1. The number of aromatic nitrogens is 1. The van der Waals surface area contributed by atoms with Crippen LogP contribution in [0.15, 0.2) is 47.6 Å². The fourth-order valence-electron chi connectivity index (χ4n) is 1.57. The summed E-state index contributed by atoms with van der Waals surface area (Å²) in [7, 11) is 0. The van der Waals surface area contributed by atoms with E-state index in [1.807, 2.05) is 49.5 Å². The van der Waals surface area contributed by atoms with Crippen molar-refractivity contribution in [1.82, 2.24) is 4.98 Å². The lowest BCUT2D eigenvalue weighted by Gasteiger charge is -2.07. The zero-order valence-corrected chi connectivity index (χ0v) is 9.80.